The minimum Gasteiger partial charge on any atom is -0.293 e. The second-order valence-electron chi connectivity index (χ2n) is 3.49. The average Bonchev–Trinajstić information content (AvgIpc) is 2.67. The van der Waals surface area contributed by atoms with Crippen molar-refractivity contribution in [2.45, 2.75) is 26.2 Å². The van der Waals surface area contributed by atoms with Gasteiger partial charge in [0.2, 0.25) is 0 Å². The molecule has 4 heteroatoms. The van der Waals surface area contributed by atoms with E-state index in [1.807, 2.05) is 16.0 Å². The van der Waals surface area contributed by atoms with Crippen LogP contribution in [0.5, 0.6) is 0 Å². The van der Waals surface area contributed by atoms with E-state index in [0.29, 0.717) is 12.3 Å². The highest BCUT2D eigenvalue weighted by Gasteiger charge is 2.14. The van der Waals surface area contributed by atoms with Crippen molar-refractivity contribution in [3.05, 3.63) is 23.0 Å². The number of rotatable bonds is 2. The van der Waals surface area contributed by atoms with Gasteiger partial charge in [-0.3, -0.25) is 4.40 Å². The van der Waals surface area contributed by atoms with Gasteiger partial charge in [-0.25, -0.2) is 4.98 Å². The first-order chi connectivity index (χ1) is 6.74. The molecule has 0 amide bonds. The number of nitriles is 1. The molecule has 0 aliphatic carbocycles. The van der Waals surface area contributed by atoms with Crippen LogP contribution in [0.15, 0.2) is 11.6 Å². The van der Waals surface area contributed by atoms with Crippen molar-refractivity contribution >= 4 is 16.3 Å². The van der Waals surface area contributed by atoms with Crippen LogP contribution >= 0.6 is 11.3 Å². The third-order valence-corrected chi connectivity index (χ3v) is 2.94. The molecule has 0 bridgehead atoms. The topological polar surface area (TPSA) is 41.1 Å². The monoisotopic (exact) mass is 205 g/mol. The summed E-state index contributed by atoms with van der Waals surface area (Å²) >= 11 is 1.61. The Kier molecular flexibility index (Phi) is 2.26. The standard InChI is InChI=1S/C10H11N3S/c1-7(2)9-8(3-4-11)13-5-6-14-10(13)12-9/h5-7H,3H2,1-2H3. The molecule has 2 rings (SSSR count). The average molecular weight is 205 g/mol. The lowest BCUT2D eigenvalue weighted by Crippen LogP contribution is -1.96. The van der Waals surface area contributed by atoms with Crippen LogP contribution < -0.4 is 0 Å². The zero-order valence-corrected chi connectivity index (χ0v) is 9.01. The van der Waals surface area contributed by atoms with Crippen LogP contribution in [0.2, 0.25) is 0 Å². The molecule has 2 heterocycles. The summed E-state index contributed by atoms with van der Waals surface area (Å²) in [4.78, 5) is 5.51. The second kappa shape index (κ2) is 3.43. The minimum absolute atomic E-state index is 0.380. The summed E-state index contributed by atoms with van der Waals surface area (Å²) in [7, 11) is 0. The van der Waals surface area contributed by atoms with E-state index in [1.54, 1.807) is 11.3 Å². The molecule has 0 fully saturated rings. The summed E-state index contributed by atoms with van der Waals surface area (Å²) in [6.45, 7) is 4.21. The van der Waals surface area contributed by atoms with Crippen LogP contribution in [0, 0.1) is 11.3 Å². The maximum atomic E-state index is 8.75. The quantitative estimate of drug-likeness (QED) is 0.756. The second-order valence-corrected chi connectivity index (χ2v) is 4.36. The van der Waals surface area contributed by atoms with Gasteiger partial charge in [0.25, 0.3) is 0 Å². The molecule has 2 aromatic heterocycles. The van der Waals surface area contributed by atoms with E-state index in [-0.39, 0.29) is 0 Å². The van der Waals surface area contributed by atoms with Crippen LogP contribution in [-0.4, -0.2) is 9.38 Å². The van der Waals surface area contributed by atoms with Gasteiger partial charge in [-0.2, -0.15) is 5.26 Å². The summed E-state index contributed by atoms with van der Waals surface area (Å²) in [5, 5.41) is 10.7. The molecule has 2 aromatic rings. The van der Waals surface area contributed by atoms with Gasteiger partial charge in [0.05, 0.1) is 23.9 Å². The van der Waals surface area contributed by atoms with Crippen molar-refractivity contribution in [3.8, 4) is 6.07 Å². The lowest BCUT2D eigenvalue weighted by molar-refractivity contribution is 0.814. The number of aromatic nitrogens is 2. The van der Waals surface area contributed by atoms with E-state index in [4.69, 9.17) is 5.26 Å². The molecule has 3 nitrogen and oxygen atoms in total. The van der Waals surface area contributed by atoms with Crippen LogP contribution in [0.1, 0.15) is 31.2 Å². The Balaban J connectivity index is 2.64. The van der Waals surface area contributed by atoms with E-state index in [0.717, 1.165) is 16.3 Å². The Bertz CT molecular complexity index is 487. The van der Waals surface area contributed by atoms with E-state index in [9.17, 15) is 0 Å². The Labute approximate surface area is 86.6 Å². The van der Waals surface area contributed by atoms with Gasteiger partial charge >= 0.3 is 0 Å². The molecule has 0 saturated carbocycles. The van der Waals surface area contributed by atoms with Gasteiger partial charge in [0.15, 0.2) is 4.96 Å². The fourth-order valence-corrected chi connectivity index (χ4v) is 2.30. The van der Waals surface area contributed by atoms with Crippen LogP contribution in [-0.2, 0) is 6.42 Å². The first-order valence-electron chi connectivity index (χ1n) is 4.55. The SMILES string of the molecule is CC(C)c1nc2sccn2c1CC#N. The van der Waals surface area contributed by atoms with Gasteiger partial charge in [-0.15, -0.1) is 11.3 Å². The van der Waals surface area contributed by atoms with Gasteiger partial charge in [0, 0.05) is 11.6 Å². The highest BCUT2D eigenvalue weighted by Crippen LogP contribution is 2.23. The zero-order chi connectivity index (χ0) is 10.1. The molecule has 0 N–H and O–H groups in total. The highest BCUT2D eigenvalue weighted by atomic mass is 32.1. The maximum absolute atomic E-state index is 8.75. The van der Waals surface area contributed by atoms with Crippen molar-refractivity contribution in [3.63, 3.8) is 0 Å². The Hall–Kier alpha value is -1.34. The van der Waals surface area contributed by atoms with Gasteiger partial charge in [0.1, 0.15) is 0 Å². The number of imidazole rings is 1. The van der Waals surface area contributed by atoms with Gasteiger partial charge in [-0.05, 0) is 5.92 Å². The lowest BCUT2D eigenvalue weighted by atomic mass is 10.1. The molecule has 0 saturated heterocycles. The predicted octanol–water partition coefficient (Wildman–Crippen LogP) is 2.59. The van der Waals surface area contributed by atoms with Crippen LogP contribution in [0.25, 0.3) is 4.96 Å². The molecule has 0 aliphatic rings. The molecule has 0 radical (unpaired) electrons. The van der Waals surface area contributed by atoms with E-state index in [2.05, 4.69) is 24.9 Å². The summed E-state index contributed by atoms with van der Waals surface area (Å²) in [5.74, 6) is 0.380. The molecule has 0 aliphatic heterocycles. The van der Waals surface area contributed by atoms with E-state index in [1.165, 1.54) is 0 Å². The lowest BCUT2D eigenvalue weighted by Gasteiger charge is -2.02. The number of fused-ring (bicyclic) bond motifs is 1. The Morgan fingerprint density at radius 1 is 1.64 bits per heavy atom. The number of hydrogen-bond acceptors (Lipinski definition) is 3. The highest BCUT2D eigenvalue weighted by molar-refractivity contribution is 7.15. The van der Waals surface area contributed by atoms with E-state index < -0.39 is 0 Å². The summed E-state index contributed by atoms with van der Waals surface area (Å²) in [6.07, 6.45) is 2.41. The molecular weight excluding hydrogens is 194 g/mol. The molecule has 0 atom stereocenters. The van der Waals surface area contributed by atoms with E-state index >= 15 is 0 Å². The van der Waals surface area contributed by atoms with Crippen LogP contribution in [0.4, 0.5) is 0 Å². The smallest absolute Gasteiger partial charge is 0.194 e. The molecule has 72 valence electrons. The summed E-state index contributed by atoms with van der Waals surface area (Å²) in [6, 6.07) is 2.19. The molecule has 14 heavy (non-hydrogen) atoms. The number of nitrogens with zero attached hydrogens (tertiary/aromatic N) is 3. The van der Waals surface area contributed by atoms with Gasteiger partial charge in [-0.1, -0.05) is 13.8 Å². The van der Waals surface area contributed by atoms with Crippen molar-refractivity contribution < 1.29 is 0 Å². The summed E-state index contributed by atoms with van der Waals surface area (Å²) in [5.41, 5.74) is 2.09. The normalized spacial score (nSPS) is 11.0. The Morgan fingerprint density at radius 2 is 2.43 bits per heavy atom. The summed E-state index contributed by atoms with van der Waals surface area (Å²) < 4.78 is 2.02. The Morgan fingerprint density at radius 3 is 3.07 bits per heavy atom. The maximum Gasteiger partial charge on any atom is 0.194 e. The fraction of sp³-hybridized carbons (Fsp3) is 0.400. The predicted molar refractivity (Wildman–Crippen MR) is 56.5 cm³/mol. The zero-order valence-electron chi connectivity index (χ0n) is 8.19. The third kappa shape index (κ3) is 1.30. The van der Waals surface area contributed by atoms with Crippen LogP contribution in [0.3, 0.4) is 0 Å². The third-order valence-electron chi connectivity index (χ3n) is 2.19. The molecule has 0 unspecified atom stereocenters. The van der Waals surface area contributed by atoms with Gasteiger partial charge < -0.3 is 0 Å². The van der Waals surface area contributed by atoms with Crippen molar-refractivity contribution in [2.75, 3.05) is 0 Å². The largest absolute Gasteiger partial charge is 0.293 e. The first kappa shape index (κ1) is 9.22. The molecule has 0 aromatic carbocycles. The van der Waals surface area contributed by atoms with Crippen molar-refractivity contribution in [2.24, 2.45) is 0 Å². The van der Waals surface area contributed by atoms with Crippen molar-refractivity contribution in [1.82, 2.24) is 9.38 Å². The number of hydrogen-bond donors (Lipinski definition) is 0. The molecule has 0 spiro atoms. The number of thiazole rings is 1. The first-order valence-corrected chi connectivity index (χ1v) is 5.43. The van der Waals surface area contributed by atoms with Crippen molar-refractivity contribution in [1.29, 1.82) is 5.26 Å². The minimum atomic E-state index is 0.380. The fourth-order valence-electron chi connectivity index (χ4n) is 1.56. The molecular formula is C10H11N3S.